The van der Waals surface area contributed by atoms with E-state index in [1.165, 1.54) is 6.20 Å². The SMILES string of the molecule is Fc1cnc(N2CCNCC2)nc1Cc1cnc(-c2ccccc2)[nH]1. The zero-order valence-corrected chi connectivity index (χ0v) is 13.7. The molecule has 1 aliphatic rings. The smallest absolute Gasteiger partial charge is 0.225 e. The molecule has 25 heavy (non-hydrogen) atoms. The van der Waals surface area contributed by atoms with Gasteiger partial charge in [-0.15, -0.1) is 0 Å². The molecule has 7 heteroatoms. The Hall–Kier alpha value is -2.80. The van der Waals surface area contributed by atoms with Crippen molar-refractivity contribution in [1.29, 1.82) is 0 Å². The number of hydrogen-bond acceptors (Lipinski definition) is 5. The van der Waals surface area contributed by atoms with Gasteiger partial charge in [0.1, 0.15) is 5.82 Å². The maximum absolute atomic E-state index is 14.2. The first kappa shape index (κ1) is 15.7. The highest BCUT2D eigenvalue weighted by Crippen LogP contribution is 2.18. The summed E-state index contributed by atoms with van der Waals surface area (Å²) in [5.74, 6) is 0.961. The van der Waals surface area contributed by atoms with E-state index < -0.39 is 5.82 Å². The van der Waals surface area contributed by atoms with Crippen LogP contribution in [0.15, 0.2) is 42.7 Å². The average Bonchev–Trinajstić information content (AvgIpc) is 3.14. The van der Waals surface area contributed by atoms with Gasteiger partial charge >= 0.3 is 0 Å². The molecule has 128 valence electrons. The predicted molar refractivity (Wildman–Crippen MR) is 93.9 cm³/mol. The van der Waals surface area contributed by atoms with Crippen LogP contribution in [-0.2, 0) is 6.42 Å². The Balaban J connectivity index is 1.55. The van der Waals surface area contributed by atoms with Crippen molar-refractivity contribution in [2.45, 2.75) is 6.42 Å². The van der Waals surface area contributed by atoms with Crippen molar-refractivity contribution < 1.29 is 4.39 Å². The van der Waals surface area contributed by atoms with E-state index in [1.807, 2.05) is 30.3 Å². The Morgan fingerprint density at radius 2 is 1.84 bits per heavy atom. The lowest BCUT2D eigenvalue weighted by Crippen LogP contribution is -2.44. The zero-order valence-electron chi connectivity index (χ0n) is 13.7. The van der Waals surface area contributed by atoms with Crippen molar-refractivity contribution >= 4 is 5.95 Å². The lowest BCUT2D eigenvalue weighted by molar-refractivity contribution is 0.565. The van der Waals surface area contributed by atoms with Crippen LogP contribution in [0.1, 0.15) is 11.4 Å². The highest BCUT2D eigenvalue weighted by molar-refractivity contribution is 5.54. The van der Waals surface area contributed by atoms with Crippen molar-refractivity contribution in [3.63, 3.8) is 0 Å². The summed E-state index contributed by atoms with van der Waals surface area (Å²) < 4.78 is 14.2. The fourth-order valence-corrected chi connectivity index (χ4v) is 2.91. The van der Waals surface area contributed by atoms with Gasteiger partial charge in [0.15, 0.2) is 5.82 Å². The lowest BCUT2D eigenvalue weighted by atomic mass is 10.2. The lowest BCUT2D eigenvalue weighted by Gasteiger charge is -2.27. The molecule has 1 aliphatic heterocycles. The van der Waals surface area contributed by atoms with Crippen molar-refractivity contribution in [3.8, 4) is 11.4 Å². The molecule has 0 saturated carbocycles. The molecule has 0 atom stereocenters. The molecule has 0 radical (unpaired) electrons. The molecule has 0 amide bonds. The summed E-state index contributed by atoms with van der Waals surface area (Å²) >= 11 is 0. The number of halogens is 1. The summed E-state index contributed by atoms with van der Waals surface area (Å²) in [6.07, 6.45) is 3.34. The number of nitrogens with zero attached hydrogens (tertiary/aromatic N) is 4. The van der Waals surface area contributed by atoms with E-state index in [1.54, 1.807) is 6.20 Å². The molecule has 2 N–H and O–H groups in total. The number of imidazole rings is 1. The molecular formula is C18H19FN6. The first-order valence-corrected chi connectivity index (χ1v) is 8.36. The van der Waals surface area contributed by atoms with Gasteiger partial charge in [-0.3, -0.25) is 0 Å². The van der Waals surface area contributed by atoms with Crippen LogP contribution in [-0.4, -0.2) is 46.1 Å². The Bertz CT molecular complexity index is 842. The van der Waals surface area contributed by atoms with Gasteiger partial charge in [-0.1, -0.05) is 30.3 Å². The van der Waals surface area contributed by atoms with Gasteiger partial charge in [-0.25, -0.2) is 19.3 Å². The Labute approximate surface area is 145 Å². The van der Waals surface area contributed by atoms with Gasteiger partial charge in [-0.2, -0.15) is 0 Å². The van der Waals surface area contributed by atoms with Gasteiger partial charge in [0.05, 0.1) is 11.9 Å². The zero-order chi connectivity index (χ0) is 17.1. The second-order valence-electron chi connectivity index (χ2n) is 6.00. The van der Waals surface area contributed by atoms with Gasteiger partial charge in [0.25, 0.3) is 0 Å². The summed E-state index contributed by atoms with van der Waals surface area (Å²) in [7, 11) is 0. The number of aromatic nitrogens is 4. The molecule has 0 unspecified atom stereocenters. The predicted octanol–water partition coefficient (Wildman–Crippen LogP) is 2.01. The number of benzene rings is 1. The number of H-pyrrole nitrogens is 1. The van der Waals surface area contributed by atoms with Crippen molar-refractivity contribution in [3.05, 3.63) is 59.9 Å². The monoisotopic (exact) mass is 338 g/mol. The van der Waals surface area contributed by atoms with E-state index in [0.29, 0.717) is 18.1 Å². The van der Waals surface area contributed by atoms with Crippen molar-refractivity contribution in [1.82, 2.24) is 25.3 Å². The molecule has 1 fully saturated rings. The van der Waals surface area contributed by atoms with Crippen LogP contribution >= 0.6 is 0 Å². The average molecular weight is 338 g/mol. The minimum Gasteiger partial charge on any atom is -0.342 e. The molecule has 1 aromatic carbocycles. The van der Waals surface area contributed by atoms with E-state index in [9.17, 15) is 4.39 Å². The standard InChI is InChI=1S/C18H19FN6/c19-15-12-22-18(25-8-6-20-7-9-25)24-16(15)10-14-11-21-17(23-14)13-4-2-1-3-5-13/h1-5,11-12,20H,6-10H2,(H,21,23). The second kappa shape index (κ2) is 6.98. The van der Waals surface area contributed by atoms with Crippen LogP contribution in [0.3, 0.4) is 0 Å². The Kier molecular flexibility index (Phi) is 4.39. The maximum Gasteiger partial charge on any atom is 0.225 e. The van der Waals surface area contributed by atoms with E-state index in [2.05, 4.69) is 30.2 Å². The van der Waals surface area contributed by atoms with Crippen LogP contribution in [0.2, 0.25) is 0 Å². The number of anilines is 1. The van der Waals surface area contributed by atoms with Crippen LogP contribution in [0.5, 0.6) is 0 Å². The van der Waals surface area contributed by atoms with E-state index in [0.717, 1.165) is 43.3 Å². The van der Waals surface area contributed by atoms with Crippen LogP contribution in [0, 0.1) is 5.82 Å². The summed E-state index contributed by atoms with van der Waals surface area (Å²) in [6.45, 7) is 3.43. The van der Waals surface area contributed by atoms with Crippen LogP contribution in [0.4, 0.5) is 10.3 Å². The van der Waals surface area contributed by atoms with Crippen molar-refractivity contribution in [2.75, 3.05) is 31.1 Å². The largest absolute Gasteiger partial charge is 0.342 e. The Morgan fingerprint density at radius 1 is 1.04 bits per heavy atom. The molecule has 6 nitrogen and oxygen atoms in total. The third-order valence-electron chi connectivity index (χ3n) is 4.24. The molecular weight excluding hydrogens is 319 g/mol. The maximum atomic E-state index is 14.2. The van der Waals surface area contributed by atoms with Crippen LogP contribution in [0.25, 0.3) is 11.4 Å². The quantitative estimate of drug-likeness (QED) is 0.761. The topological polar surface area (TPSA) is 69.7 Å². The van der Waals surface area contributed by atoms with Gasteiger partial charge in [0.2, 0.25) is 5.95 Å². The number of aromatic amines is 1. The van der Waals surface area contributed by atoms with Crippen molar-refractivity contribution in [2.24, 2.45) is 0 Å². The molecule has 0 bridgehead atoms. The summed E-state index contributed by atoms with van der Waals surface area (Å²) in [5.41, 5.74) is 2.20. The van der Waals surface area contributed by atoms with E-state index in [-0.39, 0.29) is 0 Å². The molecule has 0 spiro atoms. The highest BCUT2D eigenvalue weighted by Gasteiger charge is 2.16. The second-order valence-corrected chi connectivity index (χ2v) is 6.00. The molecule has 0 aliphatic carbocycles. The number of hydrogen-bond donors (Lipinski definition) is 2. The minimum atomic E-state index is -0.394. The molecule has 3 heterocycles. The number of piperazine rings is 1. The fourth-order valence-electron chi connectivity index (χ4n) is 2.91. The number of rotatable bonds is 4. The molecule has 1 saturated heterocycles. The van der Waals surface area contributed by atoms with Gasteiger partial charge < -0.3 is 15.2 Å². The van der Waals surface area contributed by atoms with E-state index >= 15 is 0 Å². The van der Waals surface area contributed by atoms with Crippen LogP contribution < -0.4 is 10.2 Å². The molecule has 4 rings (SSSR count). The summed E-state index contributed by atoms with van der Waals surface area (Å²) in [4.78, 5) is 18.3. The number of nitrogens with one attached hydrogen (secondary N) is 2. The van der Waals surface area contributed by atoms with Gasteiger partial charge in [0, 0.05) is 50.1 Å². The van der Waals surface area contributed by atoms with E-state index in [4.69, 9.17) is 0 Å². The summed E-state index contributed by atoms with van der Waals surface area (Å²) in [6, 6.07) is 9.84. The first-order valence-electron chi connectivity index (χ1n) is 8.36. The molecule has 2 aromatic heterocycles. The fraction of sp³-hybridized carbons (Fsp3) is 0.278. The minimum absolute atomic E-state index is 0.354. The highest BCUT2D eigenvalue weighted by atomic mass is 19.1. The normalized spacial score (nSPS) is 14.7. The van der Waals surface area contributed by atoms with Gasteiger partial charge in [-0.05, 0) is 0 Å². The molecule has 3 aromatic rings. The Morgan fingerprint density at radius 3 is 2.64 bits per heavy atom. The summed E-state index contributed by atoms with van der Waals surface area (Å²) in [5, 5.41) is 3.28. The third kappa shape index (κ3) is 3.51. The third-order valence-corrected chi connectivity index (χ3v) is 4.24. The first-order chi connectivity index (χ1) is 12.3.